The van der Waals surface area contributed by atoms with Gasteiger partial charge in [-0.3, -0.25) is 0 Å². The fourth-order valence-corrected chi connectivity index (χ4v) is 1.53. The second-order valence-electron chi connectivity index (χ2n) is 3.38. The number of hydrogen-bond donors (Lipinski definition) is 2. The van der Waals surface area contributed by atoms with Gasteiger partial charge in [-0.05, 0) is 23.6 Å². The molecule has 15 heavy (non-hydrogen) atoms. The third-order valence-electron chi connectivity index (χ3n) is 2.39. The molecule has 2 amide bonds. The molecule has 0 bridgehead atoms. The summed E-state index contributed by atoms with van der Waals surface area (Å²) in [6, 6.07) is 6.79. The molecular formula is C10H12N4O. The first kappa shape index (κ1) is 9.54. The Bertz CT molecular complexity index is 517. The van der Waals surface area contributed by atoms with E-state index in [0.717, 1.165) is 15.9 Å². The van der Waals surface area contributed by atoms with E-state index in [9.17, 15) is 4.79 Å². The van der Waals surface area contributed by atoms with Crippen molar-refractivity contribution < 1.29 is 4.79 Å². The molecule has 1 aromatic heterocycles. The Labute approximate surface area is 86.8 Å². The van der Waals surface area contributed by atoms with Gasteiger partial charge in [0.05, 0.1) is 5.69 Å². The molecule has 0 aliphatic carbocycles. The number of aryl methyl sites for hydroxylation is 1. The molecule has 0 unspecified atom stereocenters. The fourth-order valence-electron chi connectivity index (χ4n) is 1.53. The molecule has 0 aliphatic rings. The molecule has 2 rings (SSSR count). The number of carbonyl (C=O) groups excluding carboxylic acids is 1. The lowest BCUT2D eigenvalue weighted by Crippen LogP contribution is -2.41. The van der Waals surface area contributed by atoms with Gasteiger partial charge in [0.1, 0.15) is 0 Å². The average Bonchev–Trinajstić information content (AvgIpc) is 2.59. The number of nitrogens with zero attached hydrogens (tertiary/aromatic N) is 2. The summed E-state index contributed by atoms with van der Waals surface area (Å²) in [5, 5.41) is 2.02. The zero-order chi connectivity index (χ0) is 11.0. The Morgan fingerprint density at radius 1 is 1.40 bits per heavy atom. The molecule has 78 valence electrons. The Balaban J connectivity index is 2.54. The van der Waals surface area contributed by atoms with Gasteiger partial charge in [-0.25, -0.2) is 15.6 Å². The predicted octanol–water partition coefficient (Wildman–Crippen LogP) is 0.937. The lowest BCUT2D eigenvalue weighted by Gasteiger charge is -2.13. The Hall–Kier alpha value is -2.01. The van der Waals surface area contributed by atoms with Crippen molar-refractivity contribution in [3.8, 4) is 0 Å². The number of aromatic nitrogens is 1. The Kier molecular flexibility index (Phi) is 2.09. The summed E-state index contributed by atoms with van der Waals surface area (Å²) in [4.78, 5) is 10.9. The van der Waals surface area contributed by atoms with E-state index < -0.39 is 6.03 Å². The van der Waals surface area contributed by atoms with Gasteiger partial charge in [0.25, 0.3) is 0 Å². The zero-order valence-corrected chi connectivity index (χ0v) is 8.34. The molecule has 5 heteroatoms. The Morgan fingerprint density at radius 3 is 2.80 bits per heavy atom. The summed E-state index contributed by atoms with van der Waals surface area (Å²) < 4.78 is 1.95. The molecule has 4 N–H and O–H groups in total. The molecule has 5 nitrogen and oxygen atoms in total. The predicted molar refractivity (Wildman–Crippen MR) is 59.2 cm³/mol. The van der Waals surface area contributed by atoms with E-state index >= 15 is 0 Å². The first-order valence-corrected chi connectivity index (χ1v) is 4.49. The number of hydrazine groups is 1. The minimum atomic E-state index is -0.677. The van der Waals surface area contributed by atoms with Crippen LogP contribution in [0, 0.1) is 0 Å². The Morgan fingerprint density at radius 2 is 2.13 bits per heavy atom. The van der Waals surface area contributed by atoms with Crippen molar-refractivity contribution in [2.45, 2.75) is 0 Å². The third kappa shape index (κ3) is 1.53. The summed E-state index contributed by atoms with van der Waals surface area (Å²) in [5.74, 6) is 5.50. The SMILES string of the molecule is Cn1ccc2ccc(N(N)C(N)=O)cc21. The fraction of sp³-hybridized carbons (Fsp3) is 0.100. The highest BCUT2D eigenvalue weighted by Gasteiger charge is 2.08. The number of amides is 2. The van der Waals surface area contributed by atoms with Gasteiger partial charge in [-0.2, -0.15) is 0 Å². The van der Waals surface area contributed by atoms with E-state index in [1.807, 2.05) is 36.0 Å². The smallest absolute Gasteiger partial charge is 0.333 e. The highest BCUT2D eigenvalue weighted by molar-refractivity contribution is 5.92. The van der Waals surface area contributed by atoms with Crippen LogP contribution in [-0.2, 0) is 7.05 Å². The zero-order valence-electron chi connectivity index (χ0n) is 8.34. The van der Waals surface area contributed by atoms with Crippen LogP contribution in [0.1, 0.15) is 0 Å². The normalized spacial score (nSPS) is 10.5. The molecule has 0 saturated carbocycles. The summed E-state index contributed by atoms with van der Waals surface area (Å²) in [6.07, 6.45) is 1.94. The minimum Gasteiger partial charge on any atom is -0.350 e. The molecule has 0 aliphatic heterocycles. The second-order valence-corrected chi connectivity index (χ2v) is 3.38. The number of urea groups is 1. The maximum atomic E-state index is 10.9. The summed E-state index contributed by atoms with van der Waals surface area (Å²) in [6.45, 7) is 0. The number of primary amides is 1. The number of fused-ring (bicyclic) bond motifs is 1. The quantitative estimate of drug-likeness (QED) is 0.412. The molecular weight excluding hydrogens is 192 g/mol. The van der Waals surface area contributed by atoms with Gasteiger partial charge in [-0.1, -0.05) is 6.07 Å². The first-order valence-electron chi connectivity index (χ1n) is 4.49. The summed E-state index contributed by atoms with van der Waals surface area (Å²) in [5.41, 5.74) is 6.66. The van der Waals surface area contributed by atoms with Crippen molar-refractivity contribution in [3.05, 3.63) is 30.5 Å². The molecule has 0 fully saturated rings. The number of nitrogens with two attached hydrogens (primary N) is 2. The van der Waals surface area contributed by atoms with Crippen LogP contribution in [0.5, 0.6) is 0 Å². The monoisotopic (exact) mass is 204 g/mol. The highest BCUT2D eigenvalue weighted by Crippen LogP contribution is 2.20. The molecule has 0 radical (unpaired) electrons. The van der Waals surface area contributed by atoms with Crippen LogP contribution in [0.15, 0.2) is 30.5 Å². The van der Waals surface area contributed by atoms with E-state index in [0.29, 0.717) is 5.69 Å². The maximum absolute atomic E-state index is 10.9. The van der Waals surface area contributed by atoms with Gasteiger partial charge in [0.15, 0.2) is 0 Å². The minimum absolute atomic E-state index is 0.580. The number of rotatable bonds is 1. The van der Waals surface area contributed by atoms with Crippen molar-refractivity contribution in [1.82, 2.24) is 4.57 Å². The lowest BCUT2D eigenvalue weighted by atomic mass is 10.2. The average molecular weight is 204 g/mol. The second kappa shape index (κ2) is 3.29. The standard InChI is InChI=1S/C10H12N4O/c1-13-5-4-7-2-3-8(6-9(7)13)14(12)10(11)15/h2-6H,12H2,1H3,(H2,11,15). The molecule has 0 saturated heterocycles. The van der Waals surface area contributed by atoms with Gasteiger partial charge < -0.3 is 10.3 Å². The van der Waals surface area contributed by atoms with Crippen molar-refractivity contribution >= 4 is 22.6 Å². The number of anilines is 1. The van der Waals surface area contributed by atoms with E-state index in [-0.39, 0.29) is 0 Å². The molecule has 1 aromatic carbocycles. The van der Waals surface area contributed by atoms with Crippen LogP contribution >= 0.6 is 0 Å². The van der Waals surface area contributed by atoms with E-state index in [1.54, 1.807) is 6.07 Å². The lowest BCUT2D eigenvalue weighted by molar-refractivity contribution is 0.254. The van der Waals surface area contributed by atoms with Crippen molar-refractivity contribution in [2.75, 3.05) is 5.01 Å². The highest BCUT2D eigenvalue weighted by atomic mass is 16.2. The van der Waals surface area contributed by atoms with Gasteiger partial charge in [0.2, 0.25) is 0 Å². The van der Waals surface area contributed by atoms with E-state index in [4.69, 9.17) is 11.6 Å². The third-order valence-corrected chi connectivity index (χ3v) is 2.39. The molecule has 0 spiro atoms. The van der Waals surface area contributed by atoms with E-state index in [1.165, 1.54) is 0 Å². The number of hydrogen-bond acceptors (Lipinski definition) is 2. The molecule has 0 atom stereocenters. The molecule has 1 heterocycles. The van der Waals surface area contributed by atoms with Crippen molar-refractivity contribution in [3.63, 3.8) is 0 Å². The summed E-state index contributed by atoms with van der Waals surface area (Å²) in [7, 11) is 1.93. The summed E-state index contributed by atoms with van der Waals surface area (Å²) >= 11 is 0. The first-order chi connectivity index (χ1) is 7.09. The van der Waals surface area contributed by atoms with Crippen LogP contribution in [-0.4, -0.2) is 10.6 Å². The number of carbonyl (C=O) groups is 1. The van der Waals surface area contributed by atoms with Gasteiger partial charge >= 0.3 is 6.03 Å². The van der Waals surface area contributed by atoms with Crippen LogP contribution < -0.4 is 16.6 Å². The van der Waals surface area contributed by atoms with Crippen LogP contribution in [0.25, 0.3) is 10.9 Å². The van der Waals surface area contributed by atoms with Crippen LogP contribution in [0.3, 0.4) is 0 Å². The van der Waals surface area contributed by atoms with Gasteiger partial charge in [0, 0.05) is 18.8 Å². The maximum Gasteiger partial charge on any atom is 0.333 e. The van der Waals surface area contributed by atoms with Crippen molar-refractivity contribution in [2.24, 2.45) is 18.6 Å². The number of benzene rings is 1. The largest absolute Gasteiger partial charge is 0.350 e. The van der Waals surface area contributed by atoms with E-state index in [2.05, 4.69) is 0 Å². The van der Waals surface area contributed by atoms with Crippen LogP contribution in [0.2, 0.25) is 0 Å². The molecule has 2 aromatic rings. The van der Waals surface area contributed by atoms with Crippen LogP contribution in [0.4, 0.5) is 10.5 Å². The van der Waals surface area contributed by atoms with Gasteiger partial charge in [-0.15, -0.1) is 0 Å². The van der Waals surface area contributed by atoms with Crippen molar-refractivity contribution in [1.29, 1.82) is 0 Å². The topological polar surface area (TPSA) is 77.3 Å².